The number of carbonyl (C=O) groups is 1. The number of nitrogens with zero attached hydrogens (tertiary/aromatic N) is 2. The molecular formula is C14H23N3OS. The maximum atomic E-state index is 11.4. The molecule has 0 spiro atoms. The van der Waals surface area contributed by atoms with E-state index in [0.717, 1.165) is 25.2 Å². The van der Waals surface area contributed by atoms with Gasteiger partial charge in [0.25, 0.3) is 0 Å². The van der Waals surface area contributed by atoms with E-state index in [9.17, 15) is 4.79 Å². The smallest absolute Gasteiger partial charge is 0.222 e. The van der Waals surface area contributed by atoms with E-state index in [1.807, 2.05) is 11.9 Å². The van der Waals surface area contributed by atoms with E-state index in [4.69, 9.17) is 0 Å². The van der Waals surface area contributed by atoms with Crippen LogP contribution in [-0.2, 0) is 16.8 Å². The molecule has 2 heterocycles. The van der Waals surface area contributed by atoms with Crippen LogP contribution in [0, 0.1) is 0 Å². The second-order valence-corrected chi connectivity index (χ2v) is 7.14. The van der Waals surface area contributed by atoms with Crippen molar-refractivity contribution in [2.75, 3.05) is 13.6 Å². The first kappa shape index (κ1) is 14.5. The Morgan fingerprint density at radius 3 is 2.84 bits per heavy atom. The number of thiazole rings is 1. The Bertz CT molecular complexity index is 450. The van der Waals surface area contributed by atoms with Crippen LogP contribution in [0.5, 0.6) is 0 Å². The first-order valence-corrected chi connectivity index (χ1v) is 7.66. The molecule has 1 aromatic heterocycles. The summed E-state index contributed by atoms with van der Waals surface area (Å²) >= 11 is 1.73. The van der Waals surface area contributed by atoms with Crippen LogP contribution < -0.4 is 5.32 Å². The van der Waals surface area contributed by atoms with E-state index in [2.05, 4.69) is 36.5 Å². The third kappa shape index (κ3) is 3.76. The van der Waals surface area contributed by atoms with E-state index < -0.39 is 0 Å². The Labute approximate surface area is 119 Å². The number of rotatable bonds is 3. The molecule has 1 atom stereocenters. The summed E-state index contributed by atoms with van der Waals surface area (Å²) in [4.78, 5) is 17.9. The van der Waals surface area contributed by atoms with Crippen molar-refractivity contribution >= 4 is 17.2 Å². The summed E-state index contributed by atoms with van der Waals surface area (Å²) < 4.78 is 0. The lowest BCUT2D eigenvalue weighted by atomic mass is 9.98. The quantitative estimate of drug-likeness (QED) is 0.923. The predicted molar refractivity (Wildman–Crippen MR) is 78.3 cm³/mol. The maximum Gasteiger partial charge on any atom is 0.222 e. The summed E-state index contributed by atoms with van der Waals surface area (Å²) in [5.41, 5.74) is 1.23. The fraction of sp³-hybridized carbons (Fsp3) is 0.714. The fourth-order valence-electron chi connectivity index (χ4n) is 2.16. The maximum absolute atomic E-state index is 11.4. The van der Waals surface area contributed by atoms with Crippen molar-refractivity contribution in [2.24, 2.45) is 0 Å². The van der Waals surface area contributed by atoms with Crippen molar-refractivity contribution in [3.63, 3.8) is 0 Å². The van der Waals surface area contributed by atoms with Gasteiger partial charge in [0.15, 0.2) is 0 Å². The molecule has 0 aliphatic carbocycles. The third-order valence-corrected chi connectivity index (χ3v) is 4.71. The van der Waals surface area contributed by atoms with E-state index in [0.29, 0.717) is 12.5 Å². The summed E-state index contributed by atoms with van der Waals surface area (Å²) in [7, 11) is 1.87. The Balaban J connectivity index is 1.86. The molecule has 0 bridgehead atoms. The molecule has 4 nitrogen and oxygen atoms in total. The molecule has 1 N–H and O–H groups in total. The van der Waals surface area contributed by atoms with Gasteiger partial charge < -0.3 is 10.2 Å². The SMILES string of the molecule is CN1CC(NCc2csc(C(C)(C)C)n2)CCC1=O. The van der Waals surface area contributed by atoms with E-state index >= 15 is 0 Å². The highest BCUT2D eigenvalue weighted by Gasteiger charge is 2.23. The highest BCUT2D eigenvalue weighted by atomic mass is 32.1. The van der Waals surface area contributed by atoms with E-state index in [1.165, 1.54) is 5.01 Å². The second kappa shape index (κ2) is 5.59. The van der Waals surface area contributed by atoms with Gasteiger partial charge in [-0.3, -0.25) is 4.79 Å². The number of hydrogen-bond acceptors (Lipinski definition) is 4. The summed E-state index contributed by atoms with van der Waals surface area (Å²) in [6.07, 6.45) is 1.58. The molecule has 0 saturated carbocycles. The van der Waals surface area contributed by atoms with E-state index in [1.54, 1.807) is 11.3 Å². The zero-order chi connectivity index (χ0) is 14.0. The van der Waals surface area contributed by atoms with E-state index in [-0.39, 0.29) is 11.3 Å². The summed E-state index contributed by atoms with van der Waals surface area (Å²) in [5, 5.41) is 6.81. The van der Waals surface area contributed by atoms with Gasteiger partial charge in [-0.1, -0.05) is 20.8 Å². The lowest BCUT2D eigenvalue weighted by Gasteiger charge is -2.30. The molecule has 1 aliphatic rings. The summed E-state index contributed by atoms with van der Waals surface area (Å²) in [5.74, 6) is 0.252. The van der Waals surface area contributed by atoms with Crippen LogP contribution in [0.15, 0.2) is 5.38 Å². The third-order valence-electron chi connectivity index (χ3n) is 3.39. The average molecular weight is 281 g/mol. The van der Waals surface area contributed by atoms with Gasteiger partial charge in [-0.2, -0.15) is 0 Å². The number of likely N-dealkylation sites (N-methyl/N-ethyl adjacent to an activating group) is 1. The number of likely N-dealkylation sites (tertiary alicyclic amines) is 1. The highest BCUT2D eigenvalue weighted by molar-refractivity contribution is 7.09. The molecule has 1 aromatic rings. The van der Waals surface area contributed by atoms with Crippen molar-refractivity contribution in [3.05, 3.63) is 16.1 Å². The van der Waals surface area contributed by atoms with Crippen molar-refractivity contribution in [2.45, 2.75) is 51.6 Å². The molecule has 1 amide bonds. The molecule has 1 fully saturated rings. The van der Waals surface area contributed by atoms with Gasteiger partial charge in [-0.05, 0) is 6.42 Å². The number of piperidine rings is 1. The van der Waals surface area contributed by atoms with Crippen molar-refractivity contribution in [1.82, 2.24) is 15.2 Å². The van der Waals surface area contributed by atoms with Gasteiger partial charge in [0.1, 0.15) is 0 Å². The molecule has 1 unspecified atom stereocenters. The molecular weight excluding hydrogens is 258 g/mol. The normalized spacial score (nSPS) is 20.9. The highest BCUT2D eigenvalue weighted by Crippen LogP contribution is 2.25. The van der Waals surface area contributed by atoms with Gasteiger partial charge in [-0.25, -0.2) is 4.98 Å². The van der Waals surface area contributed by atoms with Crippen LogP contribution in [0.1, 0.15) is 44.3 Å². The number of nitrogens with one attached hydrogen (secondary N) is 1. The van der Waals surface area contributed by atoms with Crippen LogP contribution in [0.2, 0.25) is 0 Å². The van der Waals surface area contributed by atoms with Crippen LogP contribution in [0.3, 0.4) is 0 Å². The number of hydrogen-bond donors (Lipinski definition) is 1. The van der Waals surface area contributed by atoms with Crippen LogP contribution in [0.4, 0.5) is 0 Å². The predicted octanol–water partition coefficient (Wildman–Crippen LogP) is 2.15. The van der Waals surface area contributed by atoms with Crippen LogP contribution in [-0.4, -0.2) is 35.4 Å². The minimum absolute atomic E-state index is 0.125. The molecule has 0 radical (unpaired) electrons. The Morgan fingerprint density at radius 1 is 1.53 bits per heavy atom. The molecule has 1 saturated heterocycles. The van der Waals surface area contributed by atoms with Crippen molar-refractivity contribution < 1.29 is 4.79 Å². The standard InChI is InChI=1S/C14H23N3OS/c1-14(2,3)13-16-11(9-19-13)7-15-10-5-6-12(18)17(4)8-10/h9-10,15H,5-8H2,1-4H3. The lowest BCUT2D eigenvalue weighted by molar-refractivity contribution is -0.132. The lowest BCUT2D eigenvalue weighted by Crippen LogP contribution is -2.46. The number of amides is 1. The Kier molecular flexibility index (Phi) is 4.26. The molecule has 19 heavy (non-hydrogen) atoms. The Morgan fingerprint density at radius 2 is 2.26 bits per heavy atom. The van der Waals surface area contributed by atoms with Gasteiger partial charge in [-0.15, -0.1) is 11.3 Å². The topological polar surface area (TPSA) is 45.2 Å². The van der Waals surface area contributed by atoms with Gasteiger partial charge in [0, 0.05) is 43.4 Å². The molecule has 106 valence electrons. The second-order valence-electron chi connectivity index (χ2n) is 6.28. The Hall–Kier alpha value is -0.940. The summed E-state index contributed by atoms with van der Waals surface area (Å²) in [6.45, 7) is 8.15. The molecule has 5 heteroatoms. The number of carbonyl (C=O) groups excluding carboxylic acids is 1. The first-order chi connectivity index (χ1) is 8.86. The number of aromatic nitrogens is 1. The van der Waals surface area contributed by atoms with Gasteiger partial charge in [0.05, 0.1) is 10.7 Å². The zero-order valence-electron chi connectivity index (χ0n) is 12.2. The van der Waals surface area contributed by atoms with Gasteiger partial charge in [0.2, 0.25) is 5.91 Å². The van der Waals surface area contributed by atoms with Crippen LogP contribution >= 0.6 is 11.3 Å². The van der Waals surface area contributed by atoms with Crippen LogP contribution in [0.25, 0.3) is 0 Å². The largest absolute Gasteiger partial charge is 0.344 e. The molecule has 0 aromatic carbocycles. The van der Waals surface area contributed by atoms with Gasteiger partial charge >= 0.3 is 0 Å². The zero-order valence-corrected chi connectivity index (χ0v) is 13.0. The fourth-order valence-corrected chi connectivity index (χ4v) is 3.07. The molecule has 1 aliphatic heterocycles. The summed E-state index contributed by atoms with van der Waals surface area (Å²) in [6, 6.07) is 0.391. The minimum atomic E-state index is 0.125. The minimum Gasteiger partial charge on any atom is -0.344 e. The van der Waals surface area contributed by atoms with Crippen molar-refractivity contribution in [3.8, 4) is 0 Å². The average Bonchev–Trinajstić information content (AvgIpc) is 2.79. The van der Waals surface area contributed by atoms with Crippen molar-refractivity contribution in [1.29, 1.82) is 0 Å². The monoisotopic (exact) mass is 281 g/mol. The molecule has 2 rings (SSSR count). The first-order valence-electron chi connectivity index (χ1n) is 6.78.